The maximum absolute atomic E-state index is 13.0. The highest BCUT2D eigenvalue weighted by molar-refractivity contribution is 9.10. The molecule has 0 heterocycles. The summed E-state index contributed by atoms with van der Waals surface area (Å²) in [5.74, 6) is -2.09. The Kier molecular flexibility index (Phi) is 8.35. The molecular weight excluding hydrogens is 520 g/mol. The van der Waals surface area contributed by atoms with Crippen LogP contribution in [0.4, 0.5) is 23.2 Å². The maximum atomic E-state index is 13.0. The molecule has 1 fully saturated rings. The minimum Gasteiger partial charge on any atom is -0.380 e. The third kappa shape index (κ3) is 6.35. The smallest absolute Gasteiger partial charge is 0.380 e. The minimum absolute atomic E-state index is 0.294. The Morgan fingerprint density at radius 2 is 1.76 bits per heavy atom. The number of carbonyl (C=O) groups is 2. The second-order valence-corrected chi connectivity index (χ2v) is 9.34. The van der Waals surface area contributed by atoms with Gasteiger partial charge in [0.05, 0.1) is 0 Å². The molecule has 0 saturated heterocycles. The van der Waals surface area contributed by atoms with Crippen LogP contribution >= 0.6 is 15.9 Å². The number of halogens is 5. The van der Waals surface area contributed by atoms with E-state index in [2.05, 4.69) is 21.2 Å². The van der Waals surface area contributed by atoms with E-state index in [0.29, 0.717) is 43.6 Å². The van der Waals surface area contributed by atoms with Crippen LogP contribution in [0.15, 0.2) is 53.0 Å². The van der Waals surface area contributed by atoms with Crippen molar-refractivity contribution in [2.45, 2.75) is 43.9 Å². The molecule has 0 atom stereocenters. The molecule has 1 aliphatic carbocycles. The number of nitrogens with zero attached hydrogens (tertiary/aromatic N) is 1. The molecule has 0 spiro atoms. The third-order valence-corrected chi connectivity index (χ3v) is 6.37. The highest BCUT2D eigenvalue weighted by Crippen LogP contribution is 2.49. The van der Waals surface area contributed by atoms with Crippen molar-refractivity contribution in [2.75, 3.05) is 18.0 Å². The molecule has 0 aromatic heterocycles. The van der Waals surface area contributed by atoms with Gasteiger partial charge < -0.3 is 15.3 Å². The molecule has 0 unspecified atom stereocenters. The summed E-state index contributed by atoms with van der Waals surface area (Å²) in [6.45, 7) is 0.685. The maximum Gasteiger partial charge on any atom is 0.417 e. The average molecular weight is 545 g/mol. The number of unbranched alkanes of at least 4 members (excludes halogenated alkanes) is 2. The molecule has 2 aromatic rings. The Morgan fingerprint density at radius 3 is 2.38 bits per heavy atom. The van der Waals surface area contributed by atoms with E-state index in [1.807, 2.05) is 0 Å². The zero-order valence-corrected chi connectivity index (χ0v) is 19.8. The minimum atomic E-state index is -4.76. The molecule has 184 valence electrons. The van der Waals surface area contributed by atoms with Crippen LogP contribution in [0.3, 0.4) is 0 Å². The second-order valence-electron chi connectivity index (χ2n) is 8.43. The summed E-state index contributed by atoms with van der Waals surface area (Å²) in [6.07, 6.45) is -4.18. The van der Waals surface area contributed by atoms with E-state index in [-0.39, 0.29) is 5.91 Å². The van der Waals surface area contributed by atoms with Gasteiger partial charge >= 0.3 is 6.18 Å². The Hall–Kier alpha value is -2.46. The van der Waals surface area contributed by atoms with Crippen molar-refractivity contribution >= 4 is 33.4 Å². The number of anilines is 1. The van der Waals surface area contributed by atoms with Crippen LogP contribution in [-0.4, -0.2) is 41.8 Å². The van der Waals surface area contributed by atoms with E-state index in [4.69, 9.17) is 0 Å². The molecule has 1 saturated carbocycles. The number of carbonyl (C=O) groups excluding carboxylic acids is 2. The molecule has 3 rings (SSSR count). The lowest BCUT2D eigenvalue weighted by Gasteiger charge is -2.45. The number of amides is 2. The van der Waals surface area contributed by atoms with Gasteiger partial charge in [0.25, 0.3) is 5.91 Å². The fourth-order valence-electron chi connectivity index (χ4n) is 3.87. The van der Waals surface area contributed by atoms with Gasteiger partial charge in [-0.3, -0.25) is 9.59 Å². The predicted molar refractivity (Wildman–Crippen MR) is 123 cm³/mol. The van der Waals surface area contributed by atoms with Gasteiger partial charge in [-0.2, -0.15) is 13.2 Å². The van der Waals surface area contributed by atoms with E-state index >= 15 is 0 Å². The quantitative estimate of drug-likeness (QED) is 0.335. The van der Waals surface area contributed by atoms with Gasteiger partial charge in [0.15, 0.2) is 5.60 Å². The highest BCUT2D eigenvalue weighted by Gasteiger charge is 2.63. The van der Waals surface area contributed by atoms with Gasteiger partial charge in [-0.15, -0.1) is 0 Å². The van der Waals surface area contributed by atoms with Gasteiger partial charge in [0.2, 0.25) is 5.91 Å². The molecule has 10 heteroatoms. The van der Waals surface area contributed by atoms with Crippen molar-refractivity contribution in [2.24, 2.45) is 5.92 Å². The fraction of sp³-hybridized carbons (Fsp3) is 0.417. The molecular formula is C24H25BrF4N2O3. The van der Waals surface area contributed by atoms with Crippen LogP contribution < -0.4 is 10.2 Å². The van der Waals surface area contributed by atoms with Crippen LogP contribution in [0.2, 0.25) is 0 Å². The summed E-state index contributed by atoms with van der Waals surface area (Å²) < 4.78 is 52.6. The van der Waals surface area contributed by atoms with Crippen LogP contribution in [0.25, 0.3) is 0 Å². The van der Waals surface area contributed by atoms with Crippen molar-refractivity contribution < 1.29 is 32.3 Å². The second kappa shape index (κ2) is 10.9. The van der Waals surface area contributed by atoms with E-state index < -0.39 is 42.3 Å². The Morgan fingerprint density at radius 1 is 1.09 bits per heavy atom. The van der Waals surface area contributed by atoms with Gasteiger partial charge in [-0.25, -0.2) is 4.39 Å². The van der Waals surface area contributed by atoms with Crippen LogP contribution in [0.5, 0.6) is 0 Å². The number of aliphatic hydroxyl groups is 1. The number of rotatable bonds is 9. The van der Waals surface area contributed by atoms with Crippen LogP contribution in [0, 0.1) is 11.7 Å². The first-order chi connectivity index (χ1) is 16.0. The average Bonchev–Trinajstić information content (AvgIpc) is 2.75. The van der Waals surface area contributed by atoms with Crippen molar-refractivity contribution in [3.05, 3.63) is 64.4 Å². The summed E-state index contributed by atoms with van der Waals surface area (Å²) in [5.41, 5.74) is -1.89. The van der Waals surface area contributed by atoms with Gasteiger partial charge in [0, 0.05) is 34.7 Å². The molecule has 1 aliphatic rings. The van der Waals surface area contributed by atoms with Crippen molar-refractivity contribution in [1.29, 1.82) is 0 Å². The largest absolute Gasteiger partial charge is 0.417 e. The fourth-order valence-corrected chi connectivity index (χ4v) is 4.26. The summed E-state index contributed by atoms with van der Waals surface area (Å²) in [5, 5.41) is 12.5. The number of benzene rings is 2. The van der Waals surface area contributed by atoms with Gasteiger partial charge in [0.1, 0.15) is 5.82 Å². The third-order valence-electron chi connectivity index (χ3n) is 5.88. The molecule has 0 aliphatic heterocycles. The molecule has 2 aromatic carbocycles. The standard InChI is InChI=1S/C24H25BrF4N2O3/c25-18-5-4-6-20(13-18)31(22(33)17-14-23(34,15-17)24(27,28)29)12-3-1-2-11-30-21(32)16-7-9-19(26)10-8-16/h4-10,13,17,34H,1-3,11-12,14-15H2,(H,30,32). The van der Waals surface area contributed by atoms with Crippen molar-refractivity contribution in [3.63, 3.8) is 0 Å². The lowest BCUT2D eigenvalue weighted by molar-refractivity contribution is -0.295. The van der Waals surface area contributed by atoms with E-state index in [0.717, 1.165) is 4.47 Å². The molecule has 34 heavy (non-hydrogen) atoms. The number of alkyl halides is 3. The van der Waals surface area contributed by atoms with Gasteiger partial charge in [-0.1, -0.05) is 22.0 Å². The van der Waals surface area contributed by atoms with Crippen molar-refractivity contribution in [3.8, 4) is 0 Å². The summed E-state index contributed by atoms with van der Waals surface area (Å²) in [4.78, 5) is 26.5. The Balaban J connectivity index is 1.51. The van der Waals surface area contributed by atoms with Gasteiger partial charge in [-0.05, 0) is 74.6 Å². The number of hydrogen-bond acceptors (Lipinski definition) is 3. The predicted octanol–water partition coefficient (Wildman–Crippen LogP) is 5.22. The zero-order chi connectivity index (χ0) is 24.9. The number of hydrogen-bond donors (Lipinski definition) is 2. The van der Waals surface area contributed by atoms with Crippen molar-refractivity contribution in [1.82, 2.24) is 5.32 Å². The van der Waals surface area contributed by atoms with Crippen LogP contribution in [0.1, 0.15) is 42.5 Å². The lowest BCUT2D eigenvalue weighted by atomic mass is 9.69. The topological polar surface area (TPSA) is 69.6 Å². The SMILES string of the molecule is O=C(NCCCCCN(C(=O)C1CC(O)(C(F)(F)F)C1)c1cccc(Br)c1)c1ccc(F)cc1. The Labute approximate surface area is 203 Å². The lowest BCUT2D eigenvalue weighted by Crippen LogP contribution is -2.59. The molecule has 0 bridgehead atoms. The monoisotopic (exact) mass is 544 g/mol. The highest BCUT2D eigenvalue weighted by atomic mass is 79.9. The van der Waals surface area contributed by atoms with Crippen LogP contribution in [-0.2, 0) is 4.79 Å². The molecule has 0 radical (unpaired) electrons. The summed E-state index contributed by atoms with van der Waals surface area (Å²) >= 11 is 3.34. The van der Waals surface area contributed by atoms with E-state index in [1.165, 1.54) is 29.2 Å². The first kappa shape index (κ1) is 26.2. The first-order valence-corrected chi connectivity index (χ1v) is 11.7. The molecule has 2 N–H and O–H groups in total. The molecule has 2 amide bonds. The summed E-state index contributed by atoms with van der Waals surface area (Å²) in [6, 6.07) is 12.1. The number of nitrogens with one attached hydrogen (secondary N) is 1. The zero-order valence-electron chi connectivity index (χ0n) is 18.2. The van der Waals surface area contributed by atoms with E-state index in [9.17, 15) is 32.3 Å². The molecule has 5 nitrogen and oxygen atoms in total. The summed E-state index contributed by atoms with van der Waals surface area (Å²) in [7, 11) is 0. The first-order valence-electron chi connectivity index (χ1n) is 10.9. The van der Waals surface area contributed by atoms with E-state index in [1.54, 1.807) is 24.3 Å². The Bertz CT molecular complexity index is 1010. The normalized spacial score (nSPS) is 19.9.